The van der Waals surface area contributed by atoms with Crippen molar-refractivity contribution >= 4 is 17.2 Å². The molecule has 4 heteroatoms. The first-order valence-corrected chi connectivity index (χ1v) is 5.19. The van der Waals surface area contributed by atoms with Crippen molar-refractivity contribution in [2.75, 3.05) is 0 Å². The summed E-state index contributed by atoms with van der Waals surface area (Å²) in [6.45, 7) is 11.5. The Morgan fingerprint density at radius 3 is 2.62 bits per heavy atom. The van der Waals surface area contributed by atoms with Crippen LogP contribution >= 0.6 is 11.6 Å². The second kappa shape index (κ2) is 8.68. The van der Waals surface area contributed by atoms with Crippen molar-refractivity contribution in [3.8, 4) is 0 Å². The maximum Gasteiger partial charge on any atom is 0.257 e. The molecule has 0 aliphatic rings. The molecule has 1 aromatic rings. The molecule has 0 aliphatic heterocycles. The lowest BCUT2D eigenvalue weighted by molar-refractivity contribution is 0.403. The van der Waals surface area contributed by atoms with E-state index in [0.29, 0.717) is 11.7 Å². The van der Waals surface area contributed by atoms with E-state index in [0.717, 1.165) is 5.57 Å². The van der Waals surface area contributed by atoms with E-state index >= 15 is 0 Å². The Hall–Kier alpha value is -1.61. The molecule has 1 aromatic heterocycles. The largest absolute Gasteiger partial charge is 0.334 e. The van der Waals surface area contributed by atoms with Gasteiger partial charge in [0.1, 0.15) is 0 Å². The highest BCUT2D eigenvalue weighted by Gasteiger charge is 2.07. The quantitative estimate of drug-likeness (QED) is 0.456. The summed E-state index contributed by atoms with van der Waals surface area (Å²) in [5.41, 5.74) is 0.825. The predicted octanol–water partition coefficient (Wildman–Crippen LogP) is 3.76. The lowest BCUT2D eigenvalue weighted by atomic mass is 10.2. The average molecular weight is 239 g/mol. The zero-order chi connectivity index (χ0) is 12.4. The Labute approximate surface area is 101 Å². The molecule has 0 fully saturated rings. The summed E-state index contributed by atoms with van der Waals surface area (Å²) >= 11 is 5.56. The monoisotopic (exact) mass is 238 g/mol. The highest BCUT2D eigenvalue weighted by atomic mass is 35.5. The Kier molecular flexibility index (Phi) is 7.81. The minimum atomic E-state index is 0.251. The van der Waals surface area contributed by atoms with Gasteiger partial charge in [0.15, 0.2) is 5.82 Å². The standard InChI is InChI=1S/C10H11ClN2O.C2H4/c1-3-5-8(6-4-2)10-12-9(7-11)13-14-10;1-2/h3-6H,1,7H2,2H3;1-2H2/b6-4-,8-5+;. The number of allylic oxidation sites excluding steroid dienone is 5. The number of rotatable bonds is 4. The number of hydrogen-bond donors (Lipinski definition) is 0. The van der Waals surface area contributed by atoms with Crippen LogP contribution in [-0.4, -0.2) is 10.1 Å². The van der Waals surface area contributed by atoms with Crippen LogP contribution in [-0.2, 0) is 5.88 Å². The summed E-state index contributed by atoms with van der Waals surface area (Å²) in [5.74, 6) is 1.19. The zero-order valence-corrected chi connectivity index (χ0v) is 10.1. The molecule has 1 rings (SSSR count). The van der Waals surface area contributed by atoms with Crippen molar-refractivity contribution < 1.29 is 4.52 Å². The van der Waals surface area contributed by atoms with Gasteiger partial charge in [0, 0.05) is 5.57 Å². The normalized spacial score (nSPS) is 11.0. The van der Waals surface area contributed by atoms with Crippen LogP contribution in [0.15, 0.2) is 48.6 Å². The van der Waals surface area contributed by atoms with E-state index in [4.69, 9.17) is 16.1 Å². The first-order chi connectivity index (χ1) is 7.81. The first kappa shape index (κ1) is 14.4. The van der Waals surface area contributed by atoms with Gasteiger partial charge < -0.3 is 4.52 Å². The van der Waals surface area contributed by atoms with Gasteiger partial charge in [-0.3, -0.25) is 0 Å². The van der Waals surface area contributed by atoms with Gasteiger partial charge in [-0.25, -0.2) is 0 Å². The molecule has 0 aliphatic carbocycles. The molecule has 0 amide bonds. The van der Waals surface area contributed by atoms with Gasteiger partial charge in [0.2, 0.25) is 0 Å². The molecule has 0 aromatic carbocycles. The summed E-state index contributed by atoms with van der Waals surface area (Å²) in [7, 11) is 0. The van der Waals surface area contributed by atoms with Crippen molar-refractivity contribution in [1.82, 2.24) is 10.1 Å². The van der Waals surface area contributed by atoms with Crippen molar-refractivity contribution in [3.05, 3.63) is 55.8 Å². The summed E-state index contributed by atoms with van der Waals surface area (Å²) < 4.78 is 5.01. The van der Waals surface area contributed by atoms with Gasteiger partial charge in [0.25, 0.3) is 5.89 Å². The van der Waals surface area contributed by atoms with Crippen molar-refractivity contribution in [2.45, 2.75) is 12.8 Å². The topological polar surface area (TPSA) is 38.9 Å². The third-order valence-electron chi connectivity index (χ3n) is 1.48. The van der Waals surface area contributed by atoms with Crippen LogP contribution in [0.3, 0.4) is 0 Å². The number of aromatic nitrogens is 2. The van der Waals surface area contributed by atoms with E-state index in [1.807, 2.05) is 19.1 Å². The van der Waals surface area contributed by atoms with Gasteiger partial charge in [-0.2, -0.15) is 4.98 Å². The SMILES string of the molecule is C=C.C=C/C=C(\C=C/C)c1nc(CCl)no1. The molecule has 0 saturated heterocycles. The molecule has 0 saturated carbocycles. The molecule has 0 radical (unpaired) electrons. The van der Waals surface area contributed by atoms with Crippen molar-refractivity contribution in [2.24, 2.45) is 0 Å². The highest BCUT2D eigenvalue weighted by molar-refractivity contribution is 6.16. The van der Waals surface area contributed by atoms with Gasteiger partial charge in [0.05, 0.1) is 5.88 Å². The Morgan fingerprint density at radius 1 is 1.50 bits per heavy atom. The lowest BCUT2D eigenvalue weighted by Gasteiger charge is -1.90. The zero-order valence-electron chi connectivity index (χ0n) is 9.32. The maximum absolute atomic E-state index is 5.56. The minimum absolute atomic E-state index is 0.251. The smallest absolute Gasteiger partial charge is 0.257 e. The Morgan fingerprint density at radius 2 is 2.19 bits per heavy atom. The van der Waals surface area contributed by atoms with Gasteiger partial charge in [-0.05, 0) is 6.92 Å². The van der Waals surface area contributed by atoms with E-state index in [2.05, 4.69) is 29.9 Å². The summed E-state index contributed by atoms with van der Waals surface area (Å²) in [6.07, 6.45) is 7.22. The molecule has 0 bridgehead atoms. The fourth-order valence-corrected chi connectivity index (χ4v) is 1.04. The molecular weight excluding hydrogens is 224 g/mol. The first-order valence-electron chi connectivity index (χ1n) is 4.66. The minimum Gasteiger partial charge on any atom is -0.334 e. The van der Waals surface area contributed by atoms with E-state index in [9.17, 15) is 0 Å². The van der Waals surface area contributed by atoms with Crippen LogP contribution < -0.4 is 0 Å². The molecular formula is C12H15ClN2O. The number of nitrogens with zero attached hydrogens (tertiary/aromatic N) is 2. The van der Waals surface area contributed by atoms with Crippen LogP contribution in [0.4, 0.5) is 0 Å². The van der Waals surface area contributed by atoms with Gasteiger partial charge in [-0.15, -0.1) is 24.8 Å². The number of halogens is 1. The molecule has 0 unspecified atom stereocenters. The van der Waals surface area contributed by atoms with Crippen LogP contribution in [0.5, 0.6) is 0 Å². The summed E-state index contributed by atoms with van der Waals surface area (Å²) in [4.78, 5) is 4.09. The molecule has 3 nitrogen and oxygen atoms in total. The van der Waals surface area contributed by atoms with E-state index < -0.39 is 0 Å². The predicted molar refractivity (Wildman–Crippen MR) is 68.1 cm³/mol. The second-order valence-corrected chi connectivity index (χ2v) is 2.77. The van der Waals surface area contributed by atoms with E-state index in [-0.39, 0.29) is 5.88 Å². The molecule has 86 valence electrons. The van der Waals surface area contributed by atoms with Crippen LogP contribution in [0.1, 0.15) is 18.6 Å². The highest BCUT2D eigenvalue weighted by Crippen LogP contribution is 2.14. The van der Waals surface area contributed by atoms with E-state index in [1.165, 1.54) is 0 Å². The number of alkyl halides is 1. The third-order valence-corrected chi connectivity index (χ3v) is 1.72. The molecule has 0 spiro atoms. The molecule has 0 N–H and O–H groups in total. The van der Waals surface area contributed by atoms with Crippen molar-refractivity contribution in [1.29, 1.82) is 0 Å². The summed E-state index contributed by atoms with van der Waals surface area (Å²) in [5, 5.41) is 3.69. The van der Waals surface area contributed by atoms with Crippen LogP contribution in [0.25, 0.3) is 5.57 Å². The molecule has 16 heavy (non-hydrogen) atoms. The molecule has 0 atom stereocenters. The van der Waals surface area contributed by atoms with Crippen LogP contribution in [0.2, 0.25) is 0 Å². The fraction of sp³-hybridized carbons (Fsp3) is 0.167. The lowest BCUT2D eigenvalue weighted by Crippen LogP contribution is -1.83. The number of hydrogen-bond acceptors (Lipinski definition) is 3. The van der Waals surface area contributed by atoms with Crippen LogP contribution in [0, 0.1) is 0 Å². The Balaban J connectivity index is 0.00000106. The Bertz CT molecular complexity index is 380. The third kappa shape index (κ3) is 4.28. The fourth-order valence-electron chi connectivity index (χ4n) is 0.930. The maximum atomic E-state index is 5.56. The molecule has 1 heterocycles. The van der Waals surface area contributed by atoms with Crippen molar-refractivity contribution in [3.63, 3.8) is 0 Å². The van der Waals surface area contributed by atoms with E-state index in [1.54, 1.807) is 12.2 Å². The van der Waals surface area contributed by atoms with Gasteiger partial charge in [-0.1, -0.05) is 36.0 Å². The average Bonchev–Trinajstić information content (AvgIpc) is 2.80. The summed E-state index contributed by atoms with van der Waals surface area (Å²) in [6, 6.07) is 0. The second-order valence-electron chi connectivity index (χ2n) is 2.51. The van der Waals surface area contributed by atoms with Gasteiger partial charge >= 0.3 is 0 Å².